The van der Waals surface area contributed by atoms with Crippen LogP contribution < -0.4 is 15.0 Å². The molecule has 152 valence electrons. The predicted octanol–water partition coefficient (Wildman–Crippen LogP) is 4.01. The first-order valence-corrected chi connectivity index (χ1v) is 10.9. The summed E-state index contributed by atoms with van der Waals surface area (Å²) < 4.78 is 5.83. The minimum absolute atomic E-state index is 0.239. The van der Waals surface area contributed by atoms with E-state index in [2.05, 4.69) is 25.2 Å². The van der Waals surface area contributed by atoms with Crippen LogP contribution in [0.5, 0.6) is 11.5 Å². The van der Waals surface area contributed by atoms with Gasteiger partial charge in [0.2, 0.25) is 0 Å². The van der Waals surface area contributed by atoms with Crippen LogP contribution in [0.15, 0.2) is 54.6 Å². The number of thiophene rings is 1. The molecule has 5 nitrogen and oxygen atoms in total. The number of benzene rings is 2. The van der Waals surface area contributed by atoms with Gasteiger partial charge in [0.25, 0.3) is 5.91 Å². The van der Waals surface area contributed by atoms with Crippen molar-refractivity contribution in [3.63, 3.8) is 0 Å². The first-order valence-electron chi connectivity index (χ1n) is 10.1. The second kappa shape index (κ2) is 8.70. The molecule has 0 saturated heterocycles. The lowest BCUT2D eigenvalue weighted by Crippen LogP contribution is -3.14. The summed E-state index contributed by atoms with van der Waals surface area (Å²) >= 11 is 1.53. The van der Waals surface area contributed by atoms with Gasteiger partial charge >= 0.3 is 0 Å². The fourth-order valence-corrected chi connectivity index (χ4v) is 4.95. The molecule has 1 aliphatic heterocycles. The largest absolute Gasteiger partial charge is 0.457 e. The lowest BCUT2D eigenvalue weighted by molar-refractivity contribution is -0.936. The number of carbonyl (C=O) groups is 1. The lowest BCUT2D eigenvalue weighted by Gasteiger charge is -2.27. The zero-order chi connectivity index (χ0) is 21.1. The molecule has 0 aliphatic carbocycles. The number of fused-ring (bicyclic) bond motifs is 1. The lowest BCUT2D eigenvalue weighted by atomic mass is 10.0. The van der Waals surface area contributed by atoms with Crippen LogP contribution in [-0.4, -0.2) is 18.5 Å². The van der Waals surface area contributed by atoms with Gasteiger partial charge in [-0.05, 0) is 49.7 Å². The Morgan fingerprint density at radius 1 is 1.17 bits per heavy atom. The molecule has 0 saturated carbocycles. The fraction of sp³-hybridized carbons (Fsp3) is 0.250. The first kappa shape index (κ1) is 20.1. The fourth-order valence-electron chi connectivity index (χ4n) is 3.70. The summed E-state index contributed by atoms with van der Waals surface area (Å²) in [7, 11) is 0. The van der Waals surface area contributed by atoms with Crippen LogP contribution in [0, 0.1) is 11.3 Å². The van der Waals surface area contributed by atoms with Gasteiger partial charge in [-0.2, -0.15) is 5.26 Å². The summed E-state index contributed by atoms with van der Waals surface area (Å²) in [6.45, 7) is 6.35. The van der Waals surface area contributed by atoms with E-state index in [4.69, 9.17) is 4.74 Å². The first-order chi connectivity index (χ1) is 14.5. The molecule has 2 aromatic carbocycles. The third kappa shape index (κ3) is 4.23. The molecule has 1 aliphatic rings. The van der Waals surface area contributed by atoms with Crippen molar-refractivity contribution in [3.05, 3.63) is 76.2 Å². The molecule has 2 heterocycles. The summed E-state index contributed by atoms with van der Waals surface area (Å²) in [6, 6.07) is 19.4. The second-order valence-corrected chi connectivity index (χ2v) is 8.81. The molecule has 2 N–H and O–H groups in total. The average molecular weight is 419 g/mol. The van der Waals surface area contributed by atoms with Crippen LogP contribution >= 0.6 is 11.3 Å². The molecule has 0 fully saturated rings. The van der Waals surface area contributed by atoms with Crippen LogP contribution in [-0.2, 0) is 13.0 Å². The Kier molecular flexibility index (Phi) is 5.84. The summed E-state index contributed by atoms with van der Waals surface area (Å²) in [5.41, 5.74) is 2.21. The number of para-hydroxylation sites is 1. The Bertz CT molecular complexity index is 1100. The molecule has 0 bridgehead atoms. The minimum Gasteiger partial charge on any atom is -0.457 e. The summed E-state index contributed by atoms with van der Waals surface area (Å²) in [4.78, 5) is 15.6. The van der Waals surface area contributed by atoms with Gasteiger partial charge in [-0.1, -0.05) is 24.3 Å². The SMILES string of the molecule is CC(C)[NH+]1CCc2c(sc(NC(=O)c3cccc(Oc4ccccc4)c3)c2C#N)C1. The van der Waals surface area contributed by atoms with Gasteiger partial charge in [0.15, 0.2) is 0 Å². The number of amides is 1. The van der Waals surface area contributed by atoms with Gasteiger partial charge < -0.3 is 15.0 Å². The van der Waals surface area contributed by atoms with Crippen molar-refractivity contribution in [1.82, 2.24) is 0 Å². The number of hydrogen-bond acceptors (Lipinski definition) is 4. The van der Waals surface area contributed by atoms with Gasteiger partial charge in [0.1, 0.15) is 29.1 Å². The molecule has 4 rings (SSSR count). The van der Waals surface area contributed by atoms with E-state index >= 15 is 0 Å². The Labute approximate surface area is 180 Å². The highest BCUT2D eigenvalue weighted by atomic mass is 32.1. The maximum atomic E-state index is 12.9. The van der Waals surface area contributed by atoms with E-state index in [0.717, 1.165) is 25.1 Å². The predicted molar refractivity (Wildman–Crippen MR) is 118 cm³/mol. The van der Waals surface area contributed by atoms with Crippen molar-refractivity contribution in [2.75, 3.05) is 11.9 Å². The maximum absolute atomic E-state index is 12.9. The van der Waals surface area contributed by atoms with Crippen LogP contribution in [0.25, 0.3) is 0 Å². The van der Waals surface area contributed by atoms with E-state index in [1.165, 1.54) is 21.1 Å². The molecule has 1 atom stereocenters. The monoisotopic (exact) mass is 418 g/mol. The molecule has 1 amide bonds. The van der Waals surface area contributed by atoms with Gasteiger partial charge in [-0.25, -0.2) is 0 Å². The van der Waals surface area contributed by atoms with Crippen molar-refractivity contribution in [2.45, 2.75) is 32.9 Å². The molecule has 1 aromatic heterocycles. The van der Waals surface area contributed by atoms with Gasteiger partial charge in [-0.15, -0.1) is 11.3 Å². The van der Waals surface area contributed by atoms with Crippen molar-refractivity contribution >= 4 is 22.2 Å². The topological polar surface area (TPSA) is 66.6 Å². The highest BCUT2D eigenvalue weighted by molar-refractivity contribution is 7.16. The zero-order valence-electron chi connectivity index (χ0n) is 17.1. The van der Waals surface area contributed by atoms with Gasteiger partial charge in [0, 0.05) is 12.0 Å². The molecule has 30 heavy (non-hydrogen) atoms. The molecule has 3 aromatic rings. The molecule has 0 spiro atoms. The molecule has 0 radical (unpaired) electrons. The summed E-state index contributed by atoms with van der Waals surface area (Å²) in [5.74, 6) is 1.07. The van der Waals surface area contributed by atoms with Crippen molar-refractivity contribution in [2.24, 2.45) is 0 Å². The minimum atomic E-state index is -0.239. The highest BCUT2D eigenvalue weighted by Crippen LogP contribution is 2.34. The Balaban J connectivity index is 1.53. The standard InChI is InChI=1S/C24H23N3O2S/c1-16(2)27-12-11-20-21(14-25)24(30-22(20)15-27)26-23(28)17-7-6-10-19(13-17)29-18-8-4-3-5-9-18/h3-10,13,16H,11-12,15H2,1-2H3,(H,26,28)/p+1. The van der Waals surface area contributed by atoms with Crippen molar-refractivity contribution in [1.29, 1.82) is 5.26 Å². The number of nitrogens with zero attached hydrogens (tertiary/aromatic N) is 1. The third-order valence-electron chi connectivity index (χ3n) is 5.40. The number of quaternary nitrogens is 1. The van der Waals surface area contributed by atoms with Crippen LogP contribution in [0.2, 0.25) is 0 Å². The van der Waals surface area contributed by atoms with Gasteiger partial charge in [-0.3, -0.25) is 4.79 Å². The van der Waals surface area contributed by atoms with E-state index in [-0.39, 0.29) is 5.91 Å². The number of hydrogen-bond donors (Lipinski definition) is 2. The number of anilines is 1. The molecule has 1 unspecified atom stereocenters. The van der Waals surface area contributed by atoms with Gasteiger partial charge in [0.05, 0.1) is 23.0 Å². The van der Waals surface area contributed by atoms with Crippen LogP contribution in [0.1, 0.15) is 40.2 Å². The Morgan fingerprint density at radius 3 is 2.67 bits per heavy atom. The normalized spacial score (nSPS) is 15.3. The number of ether oxygens (including phenoxy) is 1. The third-order valence-corrected chi connectivity index (χ3v) is 6.55. The second-order valence-electron chi connectivity index (χ2n) is 7.71. The maximum Gasteiger partial charge on any atom is 0.256 e. The summed E-state index contributed by atoms with van der Waals surface area (Å²) in [6.07, 6.45) is 0.874. The molecule has 6 heteroatoms. The average Bonchev–Trinajstić information content (AvgIpc) is 3.10. The van der Waals surface area contributed by atoms with E-state index < -0.39 is 0 Å². The van der Waals surface area contributed by atoms with Crippen LogP contribution in [0.4, 0.5) is 5.00 Å². The van der Waals surface area contributed by atoms with E-state index in [1.54, 1.807) is 18.2 Å². The number of nitrogens with one attached hydrogen (secondary N) is 2. The highest BCUT2D eigenvalue weighted by Gasteiger charge is 2.28. The molecular formula is C24H24N3O2S+. The van der Waals surface area contributed by atoms with E-state index in [1.807, 2.05) is 36.4 Å². The number of rotatable bonds is 5. The van der Waals surface area contributed by atoms with Crippen molar-refractivity contribution < 1.29 is 14.4 Å². The number of nitriles is 1. The zero-order valence-corrected chi connectivity index (χ0v) is 17.9. The van der Waals surface area contributed by atoms with Crippen molar-refractivity contribution in [3.8, 4) is 17.6 Å². The van der Waals surface area contributed by atoms with E-state index in [0.29, 0.717) is 33.7 Å². The smallest absolute Gasteiger partial charge is 0.256 e. The Hall–Kier alpha value is -3.14. The number of carbonyl (C=O) groups excluding carboxylic acids is 1. The Morgan fingerprint density at radius 2 is 1.93 bits per heavy atom. The molecular weight excluding hydrogens is 394 g/mol. The quantitative estimate of drug-likeness (QED) is 0.658. The summed E-state index contributed by atoms with van der Waals surface area (Å²) in [5, 5.41) is 13.3. The van der Waals surface area contributed by atoms with Crippen LogP contribution in [0.3, 0.4) is 0 Å². The van der Waals surface area contributed by atoms with E-state index in [9.17, 15) is 10.1 Å².